The topological polar surface area (TPSA) is 36.4 Å². The molecule has 19 heavy (non-hydrogen) atoms. The van der Waals surface area contributed by atoms with Crippen LogP contribution in [0.3, 0.4) is 0 Å². The summed E-state index contributed by atoms with van der Waals surface area (Å²) in [6.07, 6.45) is 4.91. The van der Waals surface area contributed by atoms with E-state index in [2.05, 4.69) is 9.88 Å². The zero-order chi connectivity index (χ0) is 13.2. The van der Waals surface area contributed by atoms with Crippen molar-refractivity contribution in [1.82, 2.24) is 9.88 Å². The highest BCUT2D eigenvalue weighted by Crippen LogP contribution is 2.31. The summed E-state index contributed by atoms with van der Waals surface area (Å²) in [6.45, 7) is 3.54. The molecule has 0 spiro atoms. The predicted octanol–water partition coefficient (Wildman–Crippen LogP) is 2.18. The Hall–Kier alpha value is -1.29. The molecule has 1 saturated carbocycles. The van der Waals surface area contributed by atoms with Crippen molar-refractivity contribution in [3.05, 3.63) is 23.5 Å². The van der Waals surface area contributed by atoms with Crippen molar-refractivity contribution in [1.29, 1.82) is 0 Å². The molecule has 2 heterocycles. The second kappa shape index (κ2) is 5.37. The van der Waals surface area contributed by atoms with E-state index in [9.17, 15) is 4.79 Å². The number of hydrogen-bond donors (Lipinski definition) is 0. The van der Waals surface area contributed by atoms with E-state index in [-0.39, 0.29) is 0 Å². The van der Waals surface area contributed by atoms with Crippen LogP contribution in [0.4, 0.5) is 5.69 Å². The Morgan fingerprint density at radius 2 is 2.11 bits per heavy atom. The van der Waals surface area contributed by atoms with Crippen molar-refractivity contribution < 1.29 is 4.79 Å². The Kier molecular flexibility index (Phi) is 3.60. The van der Waals surface area contributed by atoms with Crippen molar-refractivity contribution in [2.24, 2.45) is 5.92 Å². The van der Waals surface area contributed by atoms with Crippen molar-refractivity contribution in [2.75, 3.05) is 31.1 Å². The summed E-state index contributed by atoms with van der Waals surface area (Å²) in [5.74, 6) is 0.677. The van der Waals surface area contributed by atoms with Gasteiger partial charge in [-0.05, 0) is 31.4 Å². The van der Waals surface area contributed by atoms with E-state index in [0.717, 1.165) is 51.1 Å². The number of rotatable bonds is 2. The minimum atomic E-state index is 0.321. The average molecular weight is 280 g/mol. The number of nitrogens with zero attached hydrogens (tertiary/aromatic N) is 3. The maximum Gasteiger partial charge on any atom is 0.225 e. The van der Waals surface area contributed by atoms with Crippen LogP contribution in [0.25, 0.3) is 0 Å². The van der Waals surface area contributed by atoms with Gasteiger partial charge in [0.25, 0.3) is 0 Å². The Balaban J connectivity index is 1.65. The largest absolute Gasteiger partial charge is 0.370 e. The van der Waals surface area contributed by atoms with Gasteiger partial charge in [0.05, 0.1) is 0 Å². The van der Waals surface area contributed by atoms with Crippen molar-refractivity contribution in [2.45, 2.75) is 19.3 Å². The molecule has 1 amide bonds. The molecule has 2 fully saturated rings. The lowest BCUT2D eigenvalue weighted by Gasteiger charge is -2.23. The van der Waals surface area contributed by atoms with Gasteiger partial charge in [-0.15, -0.1) is 0 Å². The van der Waals surface area contributed by atoms with E-state index >= 15 is 0 Å². The maximum absolute atomic E-state index is 12.1. The number of pyridine rings is 1. The molecule has 4 nitrogen and oxygen atoms in total. The molecule has 0 bridgehead atoms. The SMILES string of the molecule is O=C(C1CC1)N1CCCN(c2ccnc(Cl)c2)CC1. The number of hydrogen-bond acceptors (Lipinski definition) is 3. The van der Waals surface area contributed by atoms with Crippen molar-refractivity contribution in [3.8, 4) is 0 Å². The molecule has 1 aromatic heterocycles. The monoisotopic (exact) mass is 279 g/mol. The fourth-order valence-electron chi connectivity index (χ4n) is 2.57. The van der Waals surface area contributed by atoms with Gasteiger partial charge < -0.3 is 9.80 Å². The van der Waals surface area contributed by atoms with Crippen LogP contribution >= 0.6 is 11.6 Å². The minimum absolute atomic E-state index is 0.321. The summed E-state index contributed by atoms with van der Waals surface area (Å²) in [4.78, 5) is 20.4. The van der Waals surface area contributed by atoms with E-state index in [1.807, 2.05) is 17.0 Å². The van der Waals surface area contributed by atoms with Gasteiger partial charge in [0, 0.05) is 44.0 Å². The Bertz CT molecular complexity index is 476. The zero-order valence-corrected chi connectivity index (χ0v) is 11.6. The third kappa shape index (κ3) is 3.00. The Morgan fingerprint density at radius 3 is 2.84 bits per heavy atom. The highest BCUT2D eigenvalue weighted by molar-refractivity contribution is 6.29. The van der Waals surface area contributed by atoms with Crippen LogP contribution in [0.2, 0.25) is 5.15 Å². The summed E-state index contributed by atoms with van der Waals surface area (Å²) >= 11 is 5.93. The fourth-order valence-corrected chi connectivity index (χ4v) is 2.74. The molecule has 1 aliphatic heterocycles. The molecule has 0 radical (unpaired) electrons. The van der Waals surface area contributed by atoms with Crippen LogP contribution in [-0.4, -0.2) is 42.0 Å². The first-order valence-corrected chi connectivity index (χ1v) is 7.27. The fraction of sp³-hybridized carbons (Fsp3) is 0.571. The van der Waals surface area contributed by atoms with Gasteiger partial charge in [0.1, 0.15) is 5.15 Å². The van der Waals surface area contributed by atoms with Gasteiger partial charge in [-0.3, -0.25) is 4.79 Å². The molecule has 1 aliphatic carbocycles. The molecule has 102 valence electrons. The summed E-state index contributed by atoms with van der Waals surface area (Å²) in [7, 11) is 0. The average Bonchev–Trinajstić information content (AvgIpc) is 3.24. The highest BCUT2D eigenvalue weighted by atomic mass is 35.5. The second-order valence-electron chi connectivity index (χ2n) is 5.28. The molecule has 0 N–H and O–H groups in total. The third-order valence-electron chi connectivity index (χ3n) is 3.81. The highest BCUT2D eigenvalue weighted by Gasteiger charge is 2.33. The van der Waals surface area contributed by atoms with Crippen molar-refractivity contribution >= 4 is 23.2 Å². The Labute approximate surface area is 118 Å². The smallest absolute Gasteiger partial charge is 0.225 e. The van der Waals surface area contributed by atoms with Crippen molar-refractivity contribution in [3.63, 3.8) is 0 Å². The van der Waals surface area contributed by atoms with E-state index in [4.69, 9.17) is 11.6 Å². The van der Waals surface area contributed by atoms with Crippen LogP contribution in [0.15, 0.2) is 18.3 Å². The van der Waals surface area contributed by atoms with Gasteiger partial charge >= 0.3 is 0 Å². The molecule has 0 atom stereocenters. The van der Waals surface area contributed by atoms with E-state index in [1.54, 1.807) is 6.20 Å². The minimum Gasteiger partial charge on any atom is -0.370 e. The lowest BCUT2D eigenvalue weighted by molar-refractivity contribution is -0.132. The maximum atomic E-state index is 12.1. The lowest BCUT2D eigenvalue weighted by atomic mass is 10.3. The molecule has 1 saturated heterocycles. The molecule has 0 aromatic carbocycles. The second-order valence-corrected chi connectivity index (χ2v) is 5.66. The number of anilines is 1. The standard InChI is InChI=1S/C14H18ClN3O/c15-13-10-12(4-5-16-13)17-6-1-7-18(9-8-17)14(19)11-2-3-11/h4-5,10-11H,1-3,6-9H2. The predicted molar refractivity (Wildman–Crippen MR) is 75.4 cm³/mol. The van der Waals surface area contributed by atoms with E-state index < -0.39 is 0 Å². The molecule has 0 unspecified atom stereocenters. The zero-order valence-electron chi connectivity index (χ0n) is 10.9. The number of carbonyl (C=O) groups excluding carboxylic acids is 1. The van der Waals surface area contributed by atoms with Gasteiger partial charge in [-0.25, -0.2) is 4.98 Å². The van der Waals surface area contributed by atoms with Crippen LogP contribution in [-0.2, 0) is 4.79 Å². The number of amides is 1. The number of aromatic nitrogens is 1. The Morgan fingerprint density at radius 1 is 1.26 bits per heavy atom. The quantitative estimate of drug-likeness (QED) is 0.779. The molecular weight excluding hydrogens is 262 g/mol. The normalized spacial score (nSPS) is 20.3. The first kappa shape index (κ1) is 12.7. The van der Waals surface area contributed by atoms with Gasteiger partial charge in [0.15, 0.2) is 0 Å². The molecule has 1 aromatic rings. The molecular formula is C14H18ClN3O. The first-order chi connectivity index (χ1) is 9.24. The van der Waals surface area contributed by atoms with Crippen LogP contribution < -0.4 is 4.90 Å². The van der Waals surface area contributed by atoms with Crippen LogP contribution in [0.1, 0.15) is 19.3 Å². The molecule has 2 aliphatic rings. The van der Waals surface area contributed by atoms with Gasteiger partial charge in [0.2, 0.25) is 5.91 Å². The summed E-state index contributed by atoms with van der Waals surface area (Å²) < 4.78 is 0. The van der Waals surface area contributed by atoms with Gasteiger partial charge in [-0.2, -0.15) is 0 Å². The third-order valence-corrected chi connectivity index (χ3v) is 4.02. The molecule has 3 rings (SSSR count). The number of carbonyl (C=O) groups is 1. The first-order valence-electron chi connectivity index (χ1n) is 6.89. The lowest BCUT2D eigenvalue weighted by Crippen LogP contribution is -2.36. The van der Waals surface area contributed by atoms with E-state index in [1.165, 1.54) is 0 Å². The summed E-state index contributed by atoms with van der Waals surface area (Å²) in [6, 6.07) is 3.87. The van der Waals surface area contributed by atoms with Crippen LogP contribution in [0.5, 0.6) is 0 Å². The molecule has 5 heteroatoms. The number of halogens is 1. The van der Waals surface area contributed by atoms with Gasteiger partial charge in [-0.1, -0.05) is 11.6 Å². The summed E-state index contributed by atoms with van der Waals surface area (Å²) in [5, 5.41) is 0.521. The summed E-state index contributed by atoms with van der Waals surface area (Å²) in [5.41, 5.74) is 1.10. The van der Waals surface area contributed by atoms with E-state index in [0.29, 0.717) is 17.0 Å². The van der Waals surface area contributed by atoms with Crippen LogP contribution in [0, 0.1) is 5.92 Å².